The van der Waals surface area contributed by atoms with Crippen molar-refractivity contribution in [1.29, 1.82) is 0 Å². The summed E-state index contributed by atoms with van der Waals surface area (Å²) in [6.45, 7) is 7.39. The third-order valence-electron chi connectivity index (χ3n) is 6.41. The van der Waals surface area contributed by atoms with E-state index in [-0.39, 0.29) is 18.4 Å². The van der Waals surface area contributed by atoms with Crippen molar-refractivity contribution in [2.24, 2.45) is 5.92 Å². The van der Waals surface area contributed by atoms with Gasteiger partial charge in [-0.3, -0.25) is 14.5 Å². The van der Waals surface area contributed by atoms with Crippen molar-refractivity contribution in [3.05, 3.63) is 53.1 Å². The summed E-state index contributed by atoms with van der Waals surface area (Å²) in [5, 5.41) is 6.07. The molecule has 2 aromatic rings. The Kier molecular flexibility index (Phi) is 11.1. The second-order valence-electron chi connectivity index (χ2n) is 9.84. The van der Waals surface area contributed by atoms with Crippen LogP contribution in [-0.4, -0.2) is 57.2 Å². The van der Waals surface area contributed by atoms with Crippen molar-refractivity contribution < 1.29 is 23.8 Å². The second kappa shape index (κ2) is 14.5. The molecule has 0 aliphatic carbocycles. The van der Waals surface area contributed by atoms with Crippen LogP contribution in [0.4, 0.5) is 0 Å². The van der Waals surface area contributed by atoms with E-state index in [1.807, 2.05) is 30.3 Å². The highest BCUT2D eigenvalue weighted by molar-refractivity contribution is 5.96. The number of hydrogen-bond donors (Lipinski definition) is 2. The van der Waals surface area contributed by atoms with Crippen LogP contribution in [0.5, 0.6) is 17.2 Å². The van der Waals surface area contributed by atoms with Gasteiger partial charge in [-0.2, -0.15) is 0 Å². The van der Waals surface area contributed by atoms with Crippen LogP contribution in [0.1, 0.15) is 61.0 Å². The first-order valence-corrected chi connectivity index (χ1v) is 13.1. The van der Waals surface area contributed by atoms with Gasteiger partial charge in [0.05, 0.1) is 27.4 Å². The molecule has 0 fully saturated rings. The molecule has 37 heavy (non-hydrogen) atoms. The second-order valence-corrected chi connectivity index (χ2v) is 9.84. The average molecular weight is 512 g/mol. The van der Waals surface area contributed by atoms with Crippen molar-refractivity contribution in [3.8, 4) is 17.2 Å². The summed E-state index contributed by atoms with van der Waals surface area (Å²) >= 11 is 0. The van der Waals surface area contributed by atoms with E-state index in [0.29, 0.717) is 55.0 Å². The molecular formula is C29H41N3O5. The highest BCUT2D eigenvalue weighted by atomic mass is 16.5. The molecule has 3 rings (SSSR count). The monoisotopic (exact) mass is 511 g/mol. The van der Waals surface area contributed by atoms with Gasteiger partial charge in [-0.1, -0.05) is 19.9 Å². The Balaban J connectivity index is 1.86. The average Bonchev–Trinajstić information content (AvgIpc) is 2.91. The number of amides is 2. The Morgan fingerprint density at radius 1 is 1.08 bits per heavy atom. The largest absolute Gasteiger partial charge is 0.497 e. The predicted molar refractivity (Wildman–Crippen MR) is 144 cm³/mol. The van der Waals surface area contributed by atoms with Crippen LogP contribution in [0.15, 0.2) is 36.4 Å². The fourth-order valence-electron chi connectivity index (χ4n) is 4.27. The quantitative estimate of drug-likeness (QED) is 0.553. The fraction of sp³-hybridized carbons (Fsp3) is 0.517. The molecule has 8 nitrogen and oxygen atoms in total. The summed E-state index contributed by atoms with van der Waals surface area (Å²) < 4.78 is 16.9. The van der Waals surface area contributed by atoms with Gasteiger partial charge in [0.15, 0.2) is 0 Å². The number of carbonyl (C=O) groups is 2. The zero-order valence-electron chi connectivity index (χ0n) is 22.6. The molecule has 0 aromatic heterocycles. The Morgan fingerprint density at radius 2 is 1.84 bits per heavy atom. The maximum atomic E-state index is 13.4. The molecule has 0 saturated carbocycles. The van der Waals surface area contributed by atoms with Crippen LogP contribution in [0.25, 0.3) is 0 Å². The summed E-state index contributed by atoms with van der Waals surface area (Å²) in [6.07, 6.45) is 3.73. The normalized spacial score (nSPS) is 15.3. The van der Waals surface area contributed by atoms with E-state index in [1.54, 1.807) is 20.3 Å². The van der Waals surface area contributed by atoms with Crippen molar-refractivity contribution >= 4 is 11.8 Å². The zero-order valence-corrected chi connectivity index (χ0v) is 22.6. The number of hydrogen-bond acceptors (Lipinski definition) is 6. The predicted octanol–water partition coefficient (Wildman–Crippen LogP) is 4.16. The van der Waals surface area contributed by atoms with Crippen molar-refractivity contribution in [2.45, 2.75) is 52.6 Å². The molecule has 2 aromatic carbocycles. The van der Waals surface area contributed by atoms with E-state index in [9.17, 15) is 9.59 Å². The third kappa shape index (κ3) is 8.97. The zero-order chi connectivity index (χ0) is 26.6. The number of rotatable bonds is 8. The molecule has 0 radical (unpaired) electrons. The first-order valence-electron chi connectivity index (χ1n) is 13.1. The molecule has 8 heteroatoms. The van der Waals surface area contributed by atoms with Gasteiger partial charge in [0.1, 0.15) is 17.2 Å². The van der Waals surface area contributed by atoms with Gasteiger partial charge in [0.2, 0.25) is 5.91 Å². The summed E-state index contributed by atoms with van der Waals surface area (Å²) in [5.41, 5.74) is 2.23. The van der Waals surface area contributed by atoms with Gasteiger partial charge in [-0.25, -0.2) is 0 Å². The molecule has 2 amide bonds. The first-order chi connectivity index (χ1) is 17.9. The summed E-state index contributed by atoms with van der Waals surface area (Å²) in [4.78, 5) is 28.2. The summed E-state index contributed by atoms with van der Waals surface area (Å²) in [5.74, 6) is 2.35. The fourth-order valence-corrected chi connectivity index (χ4v) is 4.27. The minimum Gasteiger partial charge on any atom is -0.497 e. The van der Waals surface area contributed by atoms with Crippen LogP contribution < -0.4 is 24.8 Å². The molecule has 0 saturated heterocycles. The molecule has 1 heterocycles. The SMILES string of the molecule is COc1cc(CNC(=O)c2cccc3c2CN(CCC(C)C)CC(=O)NCCCCCO3)cc(OC)c1. The van der Waals surface area contributed by atoms with Gasteiger partial charge in [-0.05, 0) is 68.0 Å². The van der Waals surface area contributed by atoms with Crippen molar-refractivity contribution in [1.82, 2.24) is 15.5 Å². The Morgan fingerprint density at radius 3 is 2.54 bits per heavy atom. The molecule has 202 valence electrons. The lowest BCUT2D eigenvalue weighted by molar-refractivity contribution is -0.122. The molecule has 0 unspecified atom stereocenters. The molecular weight excluding hydrogens is 470 g/mol. The Bertz CT molecular complexity index is 1020. The standard InChI is InChI=1S/C29H41N3O5/c1-21(2)11-13-32-19-26-25(29(34)31-18-22-15-23(35-3)17-24(16-22)36-4)9-8-10-27(26)37-14-7-5-6-12-30-28(33)20-32/h8-10,15-17,21H,5-7,11-14,18-20H2,1-4H3,(H,30,33)(H,31,34). The molecule has 1 aliphatic heterocycles. The first kappa shape index (κ1) is 28.3. The molecule has 0 bridgehead atoms. The van der Waals surface area contributed by atoms with Crippen molar-refractivity contribution in [2.75, 3.05) is 40.5 Å². The van der Waals surface area contributed by atoms with Crippen LogP contribution in [0.3, 0.4) is 0 Å². The van der Waals surface area contributed by atoms with Crippen LogP contribution >= 0.6 is 0 Å². The number of ether oxygens (including phenoxy) is 3. The van der Waals surface area contributed by atoms with Gasteiger partial charge < -0.3 is 24.8 Å². The lowest BCUT2D eigenvalue weighted by Crippen LogP contribution is -2.38. The minimum absolute atomic E-state index is 0.0133. The lowest BCUT2D eigenvalue weighted by Gasteiger charge is -2.25. The number of fused-ring (bicyclic) bond motifs is 1. The van der Waals surface area contributed by atoms with Gasteiger partial charge in [0.25, 0.3) is 5.91 Å². The smallest absolute Gasteiger partial charge is 0.252 e. The molecule has 2 N–H and O–H groups in total. The number of nitrogens with one attached hydrogen (secondary N) is 2. The van der Waals surface area contributed by atoms with Crippen LogP contribution in [-0.2, 0) is 17.9 Å². The van der Waals surface area contributed by atoms with E-state index < -0.39 is 0 Å². The highest BCUT2D eigenvalue weighted by Crippen LogP contribution is 2.26. The van der Waals surface area contributed by atoms with Crippen LogP contribution in [0.2, 0.25) is 0 Å². The summed E-state index contributed by atoms with van der Waals surface area (Å²) in [7, 11) is 3.20. The number of carbonyl (C=O) groups excluding carboxylic acids is 2. The lowest BCUT2D eigenvalue weighted by atomic mass is 10.0. The van der Waals surface area contributed by atoms with E-state index in [2.05, 4.69) is 29.4 Å². The Labute approximate surface area is 220 Å². The third-order valence-corrected chi connectivity index (χ3v) is 6.41. The van der Waals surface area contributed by atoms with E-state index >= 15 is 0 Å². The topological polar surface area (TPSA) is 89.1 Å². The maximum Gasteiger partial charge on any atom is 0.252 e. The van der Waals surface area contributed by atoms with Gasteiger partial charge in [0, 0.05) is 36.8 Å². The number of methoxy groups -OCH3 is 2. The molecule has 0 spiro atoms. The molecule has 0 atom stereocenters. The van der Waals surface area contributed by atoms with E-state index in [0.717, 1.165) is 43.4 Å². The van der Waals surface area contributed by atoms with Gasteiger partial charge >= 0.3 is 0 Å². The van der Waals surface area contributed by atoms with E-state index in [4.69, 9.17) is 14.2 Å². The van der Waals surface area contributed by atoms with Crippen molar-refractivity contribution in [3.63, 3.8) is 0 Å². The minimum atomic E-state index is -0.195. The Hall–Kier alpha value is -3.26. The van der Waals surface area contributed by atoms with Gasteiger partial charge in [-0.15, -0.1) is 0 Å². The maximum absolute atomic E-state index is 13.4. The number of benzene rings is 2. The molecule has 1 aliphatic rings. The highest BCUT2D eigenvalue weighted by Gasteiger charge is 2.21. The number of nitrogens with zero attached hydrogens (tertiary/aromatic N) is 1. The summed E-state index contributed by atoms with van der Waals surface area (Å²) in [6, 6.07) is 11.1. The van der Waals surface area contributed by atoms with Crippen LogP contribution in [0, 0.1) is 5.92 Å². The van der Waals surface area contributed by atoms with E-state index in [1.165, 1.54) is 0 Å².